The summed E-state index contributed by atoms with van der Waals surface area (Å²) in [5.74, 6) is 0.392. The number of nitrogens with zero attached hydrogens (tertiary/aromatic N) is 2. The molecule has 33 heavy (non-hydrogen) atoms. The van der Waals surface area contributed by atoms with E-state index in [1.165, 1.54) is 122 Å². The van der Waals surface area contributed by atoms with E-state index >= 15 is 0 Å². The Hall–Kier alpha value is -0.610. The zero-order valence-corrected chi connectivity index (χ0v) is 22.3. The highest BCUT2D eigenvalue weighted by molar-refractivity contribution is 5.76. The van der Waals surface area contributed by atoms with Gasteiger partial charge in [0, 0.05) is 13.0 Å². The monoisotopic (exact) mass is 465 g/mol. The first-order valence-corrected chi connectivity index (χ1v) is 15.0. The number of rotatable bonds is 19. The first kappa shape index (κ1) is 28.6. The predicted octanol–water partition coefficient (Wildman–Crippen LogP) is 7.46. The summed E-state index contributed by atoms with van der Waals surface area (Å²) in [6.45, 7) is 9.32. The third kappa shape index (κ3) is 13.2. The summed E-state index contributed by atoms with van der Waals surface area (Å²) in [4.78, 5) is 14.7. The van der Waals surface area contributed by atoms with Crippen molar-refractivity contribution in [2.45, 2.75) is 135 Å². The molecule has 0 aliphatic carbocycles. The van der Waals surface area contributed by atoms with Gasteiger partial charge >= 0.3 is 0 Å². The zero-order chi connectivity index (χ0) is 23.5. The Morgan fingerprint density at radius 1 is 0.697 bits per heavy atom. The van der Waals surface area contributed by atoms with E-state index in [1.54, 1.807) is 0 Å². The third-order valence-electron chi connectivity index (χ3n) is 8.05. The molecule has 0 aromatic carbocycles. The Balaban J connectivity index is 1.47. The van der Waals surface area contributed by atoms with Gasteiger partial charge in [0.05, 0.1) is 19.8 Å². The molecule has 2 rings (SSSR count). The van der Waals surface area contributed by atoms with Crippen molar-refractivity contribution in [1.29, 1.82) is 0 Å². The van der Waals surface area contributed by atoms with Gasteiger partial charge in [-0.1, -0.05) is 103 Å². The number of likely N-dealkylation sites (tertiary alicyclic amines) is 1. The molecule has 4 heteroatoms. The van der Waals surface area contributed by atoms with Gasteiger partial charge in [0.15, 0.2) is 6.67 Å². The smallest absolute Gasteiger partial charge is 0.226 e. The largest absolute Gasteiger partial charge is 0.370 e. The third-order valence-corrected chi connectivity index (χ3v) is 8.05. The van der Waals surface area contributed by atoms with Crippen LogP contribution in [-0.2, 0) is 9.53 Å². The van der Waals surface area contributed by atoms with Crippen molar-refractivity contribution in [2.75, 3.05) is 46.1 Å². The first-order valence-electron chi connectivity index (χ1n) is 15.0. The van der Waals surface area contributed by atoms with E-state index in [-0.39, 0.29) is 0 Å². The van der Waals surface area contributed by atoms with Crippen LogP contribution in [0.3, 0.4) is 0 Å². The minimum atomic E-state index is 0.392. The van der Waals surface area contributed by atoms with Gasteiger partial charge in [-0.15, -0.1) is 0 Å². The Labute approximate surface area is 206 Å². The van der Waals surface area contributed by atoms with E-state index in [1.807, 2.05) is 0 Å². The number of hydrogen-bond acceptors (Lipinski definition) is 2. The van der Waals surface area contributed by atoms with Crippen molar-refractivity contribution < 1.29 is 14.0 Å². The Morgan fingerprint density at radius 3 is 1.76 bits per heavy atom. The Bertz CT molecular complexity index is 476. The zero-order valence-electron chi connectivity index (χ0n) is 22.3. The van der Waals surface area contributed by atoms with Crippen LogP contribution >= 0.6 is 0 Å². The molecule has 0 atom stereocenters. The topological polar surface area (TPSA) is 29.5 Å². The maximum Gasteiger partial charge on any atom is 0.226 e. The van der Waals surface area contributed by atoms with Gasteiger partial charge in [-0.05, 0) is 25.7 Å². The van der Waals surface area contributed by atoms with E-state index in [0.29, 0.717) is 5.91 Å². The van der Waals surface area contributed by atoms with Crippen LogP contribution in [0.5, 0.6) is 0 Å². The molecule has 0 radical (unpaired) electrons. The number of unbranched alkanes of at least 4 members (excludes halogenated alkanes) is 15. The van der Waals surface area contributed by atoms with Crippen molar-refractivity contribution in [1.82, 2.24) is 4.90 Å². The number of amides is 1. The molecule has 194 valence electrons. The SMILES string of the molecule is CCCCCCCCCCCCCCCCCC[N+]1(CN2CCCCCC2=O)CCOCC1. The average molecular weight is 466 g/mol. The molecule has 1 amide bonds. The van der Waals surface area contributed by atoms with E-state index < -0.39 is 0 Å². The first-order chi connectivity index (χ1) is 16.3. The van der Waals surface area contributed by atoms with E-state index in [4.69, 9.17) is 4.74 Å². The second-order valence-corrected chi connectivity index (χ2v) is 11.0. The molecule has 0 aromatic rings. The quantitative estimate of drug-likeness (QED) is 0.146. The summed E-state index contributed by atoms with van der Waals surface area (Å²) in [5.41, 5.74) is 0. The number of hydrogen-bond donors (Lipinski definition) is 0. The molecule has 0 bridgehead atoms. The Morgan fingerprint density at radius 2 is 1.21 bits per heavy atom. The number of morpholine rings is 1. The number of carbonyl (C=O) groups is 1. The normalized spacial score (nSPS) is 19.1. The number of carbonyl (C=O) groups excluding carboxylic acids is 1. The van der Waals surface area contributed by atoms with Crippen LogP contribution in [-0.4, -0.2) is 61.4 Å². The highest BCUT2D eigenvalue weighted by atomic mass is 16.5. The Kier molecular flexibility index (Phi) is 16.2. The second kappa shape index (κ2) is 18.7. The lowest BCUT2D eigenvalue weighted by molar-refractivity contribution is -0.943. The van der Waals surface area contributed by atoms with Gasteiger partial charge in [-0.25, -0.2) is 0 Å². The maximum atomic E-state index is 12.5. The minimum Gasteiger partial charge on any atom is -0.370 e. The van der Waals surface area contributed by atoms with Crippen LogP contribution in [0.2, 0.25) is 0 Å². The van der Waals surface area contributed by atoms with Gasteiger partial charge in [0.25, 0.3) is 0 Å². The standard InChI is InChI=1S/C29H57N2O2/c1-2-3-4-5-6-7-8-9-10-11-12-13-14-15-16-20-23-31(24-26-33-27-25-31)28-30-22-19-17-18-21-29(30)32/h2-28H2,1H3/q+1. The molecule has 2 aliphatic rings. The van der Waals surface area contributed by atoms with Crippen LogP contribution in [0.1, 0.15) is 135 Å². The van der Waals surface area contributed by atoms with Crippen molar-refractivity contribution >= 4 is 5.91 Å². The lowest BCUT2D eigenvalue weighted by Crippen LogP contribution is -2.60. The molecule has 2 heterocycles. The number of ether oxygens (including phenoxy) is 1. The van der Waals surface area contributed by atoms with Crippen molar-refractivity contribution in [3.05, 3.63) is 0 Å². The molecule has 0 N–H and O–H groups in total. The molecule has 2 aliphatic heterocycles. The van der Waals surface area contributed by atoms with Crippen LogP contribution in [0.15, 0.2) is 0 Å². The van der Waals surface area contributed by atoms with E-state index in [0.717, 1.165) is 56.8 Å². The van der Waals surface area contributed by atoms with Crippen molar-refractivity contribution in [3.8, 4) is 0 Å². The minimum absolute atomic E-state index is 0.392. The van der Waals surface area contributed by atoms with Crippen molar-refractivity contribution in [3.63, 3.8) is 0 Å². The molecule has 2 fully saturated rings. The van der Waals surface area contributed by atoms with E-state index in [2.05, 4.69) is 11.8 Å². The second-order valence-electron chi connectivity index (χ2n) is 11.0. The average Bonchev–Trinajstić information content (AvgIpc) is 3.03. The highest BCUT2D eigenvalue weighted by Gasteiger charge is 2.34. The molecule has 0 aromatic heterocycles. The number of quaternary nitrogens is 1. The molecule has 0 saturated carbocycles. The fourth-order valence-corrected chi connectivity index (χ4v) is 5.71. The lowest BCUT2D eigenvalue weighted by Gasteiger charge is -2.44. The lowest BCUT2D eigenvalue weighted by atomic mass is 10.0. The fourth-order valence-electron chi connectivity index (χ4n) is 5.71. The molecule has 2 saturated heterocycles. The summed E-state index contributed by atoms with van der Waals surface area (Å²) in [6, 6.07) is 0. The van der Waals surface area contributed by atoms with Gasteiger partial charge in [0.2, 0.25) is 5.91 Å². The van der Waals surface area contributed by atoms with Crippen LogP contribution in [0.4, 0.5) is 0 Å². The summed E-state index contributed by atoms with van der Waals surface area (Å²) in [5, 5.41) is 0. The molecule has 0 spiro atoms. The van der Waals surface area contributed by atoms with Crippen LogP contribution in [0, 0.1) is 0 Å². The summed E-state index contributed by atoms with van der Waals surface area (Å²) in [6.07, 6.45) is 27.0. The van der Waals surface area contributed by atoms with Crippen LogP contribution < -0.4 is 0 Å². The predicted molar refractivity (Wildman–Crippen MR) is 140 cm³/mol. The van der Waals surface area contributed by atoms with E-state index in [9.17, 15) is 4.79 Å². The highest BCUT2D eigenvalue weighted by Crippen LogP contribution is 2.20. The molecule has 4 nitrogen and oxygen atoms in total. The van der Waals surface area contributed by atoms with Gasteiger partial charge in [-0.3, -0.25) is 9.69 Å². The fraction of sp³-hybridized carbons (Fsp3) is 0.966. The van der Waals surface area contributed by atoms with Gasteiger partial charge in [-0.2, -0.15) is 0 Å². The molecular formula is C29H57N2O2+. The van der Waals surface area contributed by atoms with Crippen LogP contribution in [0.25, 0.3) is 0 Å². The molecular weight excluding hydrogens is 408 g/mol. The summed E-state index contributed by atoms with van der Waals surface area (Å²) in [7, 11) is 0. The summed E-state index contributed by atoms with van der Waals surface area (Å²) < 4.78 is 6.77. The van der Waals surface area contributed by atoms with Gasteiger partial charge in [0.1, 0.15) is 13.1 Å². The summed E-state index contributed by atoms with van der Waals surface area (Å²) >= 11 is 0. The van der Waals surface area contributed by atoms with Crippen molar-refractivity contribution in [2.24, 2.45) is 0 Å². The van der Waals surface area contributed by atoms with Gasteiger partial charge < -0.3 is 9.22 Å². The molecule has 0 unspecified atom stereocenters. The maximum absolute atomic E-state index is 12.5.